The van der Waals surface area contributed by atoms with Gasteiger partial charge in [0.25, 0.3) is 11.8 Å². The lowest BCUT2D eigenvalue weighted by Gasteiger charge is -2.33. The van der Waals surface area contributed by atoms with Crippen molar-refractivity contribution in [1.82, 2.24) is 5.32 Å². The first-order valence-electron chi connectivity index (χ1n) is 8.46. The van der Waals surface area contributed by atoms with E-state index in [4.69, 9.17) is 4.74 Å². The molecule has 0 aromatic heterocycles. The molecule has 136 valence electrons. The zero-order chi connectivity index (χ0) is 18.7. The Bertz CT molecular complexity index is 800. The number of benzene rings is 2. The van der Waals surface area contributed by atoms with E-state index in [-0.39, 0.29) is 36.9 Å². The number of morpholine rings is 1. The van der Waals surface area contributed by atoms with Gasteiger partial charge in [-0.15, -0.1) is 0 Å². The number of amides is 2. The fraction of sp³-hybridized carbons (Fsp3) is 0.300. The van der Waals surface area contributed by atoms with Crippen LogP contribution in [0.4, 0.5) is 10.1 Å². The summed E-state index contributed by atoms with van der Waals surface area (Å²) in [5.74, 6) is -0.792. The van der Waals surface area contributed by atoms with Gasteiger partial charge in [-0.2, -0.15) is 0 Å². The van der Waals surface area contributed by atoms with E-state index in [1.807, 2.05) is 26.0 Å². The molecule has 2 aromatic carbocycles. The zero-order valence-corrected chi connectivity index (χ0v) is 14.8. The Kier molecular flexibility index (Phi) is 5.32. The maximum atomic E-state index is 12.9. The minimum atomic E-state index is -0.389. The van der Waals surface area contributed by atoms with Crippen LogP contribution in [0.3, 0.4) is 0 Å². The number of halogens is 1. The van der Waals surface area contributed by atoms with Crippen molar-refractivity contribution >= 4 is 17.5 Å². The highest BCUT2D eigenvalue weighted by molar-refractivity contribution is 5.95. The molecule has 0 aliphatic carbocycles. The molecule has 6 heteroatoms. The number of ether oxygens (including phenoxy) is 1. The van der Waals surface area contributed by atoms with Crippen molar-refractivity contribution in [2.24, 2.45) is 0 Å². The summed E-state index contributed by atoms with van der Waals surface area (Å²) < 4.78 is 18.5. The molecule has 2 aromatic rings. The summed E-state index contributed by atoms with van der Waals surface area (Å²) >= 11 is 0. The van der Waals surface area contributed by atoms with Crippen molar-refractivity contribution < 1.29 is 18.7 Å². The van der Waals surface area contributed by atoms with E-state index in [9.17, 15) is 14.0 Å². The molecule has 5 nitrogen and oxygen atoms in total. The molecule has 1 N–H and O–H groups in total. The fourth-order valence-electron chi connectivity index (χ4n) is 3.01. The molecule has 0 bridgehead atoms. The molecule has 1 fully saturated rings. The third-order valence-electron chi connectivity index (χ3n) is 4.24. The van der Waals surface area contributed by atoms with Gasteiger partial charge in [0.15, 0.2) is 0 Å². The number of aryl methyl sites for hydroxylation is 2. The highest BCUT2D eigenvalue weighted by Gasteiger charge is 2.28. The summed E-state index contributed by atoms with van der Waals surface area (Å²) in [7, 11) is 0. The molecule has 1 atom stereocenters. The molecule has 0 saturated carbocycles. The van der Waals surface area contributed by atoms with Gasteiger partial charge >= 0.3 is 0 Å². The van der Waals surface area contributed by atoms with Crippen LogP contribution >= 0.6 is 0 Å². The molecule has 2 amide bonds. The van der Waals surface area contributed by atoms with Crippen molar-refractivity contribution in [1.29, 1.82) is 0 Å². The van der Waals surface area contributed by atoms with Gasteiger partial charge in [0, 0.05) is 17.8 Å². The third kappa shape index (κ3) is 4.26. The van der Waals surface area contributed by atoms with Gasteiger partial charge in [0.2, 0.25) is 0 Å². The van der Waals surface area contributed by atoms with Crippen molar-refractivity contribution in [3.05, 3.63) is 65.0 Å². The first-order valence-corrected chi connectivity index (χ1v) is 8.46. The van der Waals surface area contributed by atoms with Gasteiger partial charge in [-0.3, -0.25) is 9.59 Å². The van der Waals surface area contributed by atoms with E-state index in [0.717, 1.165) is 16.8 Å². The van der Waals surface area contributed by atoms with Crippen LogP contribution in [0.25, 0.3) is 0 Å². The number of rotatable bonds is 4. The SMILES string of the molecule is Cc1cc(C)cc(N2CC(CNC(=O)c3ccc(F)cc3)OCC2=O)c1. The smallest absolute Gasteiger partial charge is 0.253 e. The monoisotopic (exact) mass is 356 g/mol. The quantitative estimate of drug-likeness (QED) is 0.916. The molecule has 1 heterocycles. The second-order valence-electron chi connectivity index (χ2n) is 6.50. The Morgan fingerprint density at radius 2 is 1.85 bits per heavy atom. The van der Waals surface area contributed by atoms with Gasteiger partial charge in [-0.1, -0.05) is 6.07 Å². The van der Waals surface area contributed by atoms with Crippen LogP contribution in [0.1, 0.15) is 21.5 Å². The lowest BCUT2D eigenvalue weighted by molar-refractivity contribution is -0.129. The highest BCUT2D eigenvalue weighted by Crippen LogP contribution is 2.22. The van der Waals surface area contributed by atoms with Gasteiger partial charge in [-0.25, -0.2) is 4.39 Å². The van der Waals surface area contributed by atoms with Crippen molar-refractivity contribution in [3.63, 3.8) is 0 Å². The summed E-state index contributed by atoms with van der Waals surface area (Å²) in [6.07, 6.45) is -0.307. The molecule has 0 spiro atoms. The Labute approximate surface area is 151 Å². The number of nitrogens with zero attached hydrogens (tertiary/aromatic N) is 1. The van der Waals surface area contributed by atoms with E-state index in [2.05, 4.69) is 11.4 Å². The number of hydrogen-bond acceptors (Lipinski definition) is 3. The van der Waals surface area contributed by atoms with Crippen LogP contribution in [-0.2, 0) is 9.53 Å². The summed E-state index contributed by atoms with van der Waals surface area (Å²) in [5.41, 5.74) is 3.39. The van der Waals surface area contributed by atoms with Gasteiger partial charge in [0.05, 0.1) is 12.6 Å². The second-order valence-corrected chi connectivity index (χ2v) is 6.50. The van der Waals surface area contributed by atoms with Crippen molar-refractivity contribution in [2.45, 2.75) is 20.0 Å². The third-order valence-corrected chi connectivity index (χ3v) is 4.24. The highest BCUT2D eigenvalue weighted by atomic mass is 19.1. The predicted molar refractivity (Wildman–Crippen MR) is 96.7 cm³/mol. The number of anilines is 1. The van der Waals surface area contributed by atoms with Crippen LogP contribution < -0.4 is 10.2 Å². The van der Waals surface area contributed by atoms with E-state index >= 15 is 0 Å². The first-order chi connectivity index (χ1) is 12.4. The molecular formula is C20H21FN2O3. The first kappa shape index (κ1) is 18.1. The van der Waals surface area contributed by atoms with Gasteiger partial charge in [-0.05, 0) is 61.4 Å². The number of hydrogen-bond donors (Lipinski definition) is 1. The number of carbonyl (C=O) groups excluding carboxylic acids is 2. The average molecular weight is 356 g/mol. The molecule has 26 heavy (non-hydrogen) atoms. The van der Waals surface area contributed by atoms with E-state index in [0.29, 0.717) is 12.1 Å². The zero-order valence-electron chi connectivity index (χ0n) is 14.8. The van der Waals surface area contributed by atoms with E-state index < -0.39 is 0 Å². The molecule has 1 saturated heterocycles. The maximum Gasteiger partial charge on any atom is 0.253 e. The van der Waals surface area contributed by atoms with Crippen LogP contribution in [0, 0.1) is 19.7 Å². The Hall–Kier alpha value is -2.73. The molecule has 3 rings (SSSR count). The Morgan fingerprint density at radius 3 is 2.50 bits per heavy atom. The summed E-state index contributed by atoms with van der Waals surface area (Å²) in [5, 5.41) is 2.77. The van der Waals surface area contributed by atoms with E-state index in [1.165, 1.54) is 24.3 Å². The minimum Gasteiger partial charge on any atom is -0.365 e. The Balaban J connectivity index is 1.63. The standard InChI is InChI=1S/C20H21FN2O3/c1-13-7-14(2)9-17(8-13)23-11-18(26-12-19(23)24)10-22-20(25)15-3-5-16(21)6-4-15/h3-9,18H,10-12H2,1-2H3,(H,22,25). The van der Waals surface area contributed by atoms with Crippen molar-refractivity contribution in [2.75, 3.05) is 24.6 Å². The van der Waals surface area contributed by atoms with Gasteiger partial charge < -0.3 is 15.0 Å². The number of nitrogens with one attached hydrogen (secondary N) is 1. The molecular weight excluding hydrogens is 335 g/mol. The van der Waals surface area contributed by atoms with Crippen LogP contribution in [0.5, 0.6) is 0 Å². The molecule has 0 radical (unpaired) electrons. The molecule has 1 unspecified atom stereocenters. The summed E-state index contributed by atoms with van der Waals surface area (Å²) in [4.78, 5) is 26.1. The molecule has 1 aliphatic heterocycles. The van der Waals surface area contributed by atoms with E-state index in [1.54, 1.807) is 4.90 Å². The largest absolute Gasteiger partial charge is 0.365 e. The van der Waals surface area contributed by atoms with Crippen LogP contribution in [0.2, 0.25) is 0 Å². The topological polar surface area (TPSA) is 58.6 Å². The number of carbonyl (C=O) groups is 2. The lowest BCUT2D eigenvalue weighted by atomic mass is 10.1. The maximum absolute atomic E-state index is 12.9. The summed E-state index contributed by atoms with van der Waals surface area (Å²) in [6, 6.07) is 11.3. The predicted octanol–water partition coefficient (Wildman–Crippen LogP) is 2.60. The fourth-order valence-corrected chi connectivity index (χ4v) is 3.01. The normalized spacial score (nSPS) is 17.3. The molecule has 1 aliphatic rings. The Morgan fingerprint density at radius 1 is 1.19 bits per heavy atom. The van der Waals surface area contributed by atoms with Gasteiger partial charge in [0.1, 0.15) is 12.4 Å². The second kappa shape index (κ2) is 7.66. The lowest BCUT2D eigenvalue weighted by Crippen LogP contribution is -2.50. The minimum absolute atomic E-state index is 0.0237. The average Bonchev–Trinajstić information content (AvgIpc) is 2.60. The van der Waals surface area contributed by atoms with Crippen molar-refractivity contribution in [3.8, 4) is 0 Å². The van der Waals surface area contributed by atoms with Crippen LogP contribution in [-0.4, -0.2) is 37.6 Å². The van der Waals surface area contributed by atoms with Crippen LogP contribution in [0.15, 0.2) is 42.5 Å². The summed E-state index contributed by atoms with van der Waals surface area (Å²) in [6.45, 7) is 4.59.